The van der Waals surface area contributed by atoms with Crippen LogP contribution in [0.25, 0.3) is 0 Å². The van der Waals surface area contributed by atoms with Gasteiger partial charge in [-0.25, -0.2) is 0 Å². The van der Waals surface area contributed by atoms with Crippen molar-refractivity contribution in [3.63, 3.8) is 0 Å². The average molecular weight is 359 g/mol. The van der Waals surface area contributed by atoms with E-state index in [1.54, 1.807) is 11.0 Å². The van der Waals surface area contributed by atoms with Crippen molar-refractivity contribution in [1.82, 2.24) is 15.8 Å². The van der Waals surface area contributed by atoms with Crippen LogP contribution in [0.15, 0.2) is 24.3 Å². The number of hydrogen-bond donors (Lipinski definition) is 2. The van der Waals surface area contributed by atoms with E-state index < -0.39 is 5.91 Å². The summed E-state index contributed by atoms with van der Waals surface area (Å²) in [6, 6.07) is 7.39. The van der Waals surface area contributed by atoms with Crippen molar-refractivity contribution >= 4 is 17.7 Å². The maximum absolute atomic E-state index is 12.3. The van der Waals surface area contributed by atoms with Crippen molar-refractivity contribution in [3.8, 4) is 5.75 Å². The minimum Gasteiger partial charge on any atom is -0.484 e. The van der Waals surface area contributed by atoms with Gasteiger partial charge in [0.05, 0.1) is 5.92 Å². The first-order valence-electron chi connectivity index (χ1n) is 9.10. The third kappa shape index (κ3) is 4.97. The Morgan fingerprint density at radius 3 is 2.69 bits per heavy atom. The Balaban J connectivity index is 1.40. The first kappa shape index (κ1) is 18.2. The van der Waals surface area contributed by atoms with Gasteiger partial charge < -0.3 is 9.64 Å². The summed E-state index contributed by atoms with van der Waals surface area (Å²) >= 11 is 0. The number of hydrazine groups is 1. The number of hydrogen-bond acceptors (Lipinski definition) is 4. The highest BCUT2D eigenvalue weighted by molar-refractivity contribution is 5.85. The van der Waals surface area contributed by atoms with Crippen LogP contribution in [0.2, 0.25) is 0 Å². The van der Waals surface area contributed by atoms with Crippen LogP contribution in [0.1, 0.15) is 31.2 Å². The normalized spacial score (nSPS) is 19.6. The van der Waals surface area contributed by atoms with Crippen LogP contribution in [0.3, 0.4) is 0 Å². The van der Waals surface area contributed by atoms with Gasteiger partial charge in [0.2, 0.25) is 11.8 Å². The van der Waals surface area contributed by atoms with Gasteiger partial charge >= 0.3 is 0 Å². The topological polar surface area (TPSA) is 87.7 Å². The van der Waals surface area contributed by atoms with Crippen molar-refractivity contribution in [2.45, 2.75) is 32.6 Å². The lowest BCUT2D eigenvalue weighted by Gasteiger charge is -2.32. The molecule has 2 N–H and O–H groups in total. The SMILES string of the molecule is Cc1cccc(OCC(=O)NNC(=O)C2CCCN(C(=O)C3CC3)C2)c1. The first-order valence-corrected chi connectivity index (χ1v) is 9.10. The van der Waals surface area contributed by atoms with Gasteiger partial charge in [0.25, 0.3) is 5.91 Å². The van der Waals surface area contributed by atoms with Gasteiger partial charge in [-0.2, -0.15) is 0 Å². The summed E-state index contributed by atoms with van der Waals surface area (Å²) in [7, 11) is 0. The van der Waals surface area contributed by atoms with Gasteiger partial charge in [-0.15, -0.1) is 0 Å². The third-order valence-electron chi connectivity index (χ3n) is 4.72. The molecule has 7 heteroatoms. The Morgan fingerprint density at radius 2 is 1.96 bits per heavy atom. The number of nitrogens with one attached hydrogen (secondary N) is 2. The van der Waals surface area contributed by atoms with Gasteiger partial charge in [0, 0.05) is 19.0 Å². The zero-order valence-corrected chi connectivity index (χ0v) is 15.0. The number of amides is 3. The second-order valence-corrected chi connectivity index (χ2v) is 7.04. The van der Waals surface area contributed by atoms with Gasteiger partial charge in [-0.05, 0) is 50.3 Å². The van der Waals surface area contributed by atoms with E-state index in [-0.39, 0.29) is 30.3 Å². The minimum absolute atomic E-state index is 0.162. The van der Waals surface area contributed by atoms with Crippen molar-refractivity contribution in [2.24, 2.45) is 11.8 Å². The fourth-order valence-electron chi connectivity index (χ4n) is 3.10. The summed E-state index contributed by atoms with van der Waals surface area (Å²) in [5.74, 6) is -0.0467. The molecule has 1 heterocycles. The largest absolute Gasteiger partial charge is 0.484 e. The second-order valence-electron chi connectivity index (χ2n) is 7.04. The Bertz CT molecular complexity index is 687. The molecule has 2 fully saturated rings. The lowest BCUT2D eigenvalue weighted by atomic mass is 9.97. The van der Waals surface area contributed by atoms with Gasteiger partial charge in [0.1, 0.15) is 5.75 Å². The Labute approximate surface area is 153 Å². The van der Waals surface area contributed by atoms with E-state index >= 15 is 0 Å². The number of piperidine rings is 1. The predicted molar refractivity (Wildman–Crippen MR) is 95.0 cm³/mol. The van der Waals surface area contributed by atoms with Crippen LogP contribution in [-0.2, 0) is 14.4 Å². The predicted octanol–water partition coefficient (Wildman–Crippen LogP) is 1.17. The summed E-state index contributed by atoms with van der Waals surface area (Å²) in [6.07, 6.45) is 3.45. The molecule has 1 aliphatic carbocycles. The van der Waals surface area contributed by atoms with Crippen molar-refractivity contribution in [2.75, 3.05) is 19.7 Å². The van der Waals surface area contributed by atoms with Gasteiger partial charge in [-0.1, -0.05) is 12.1 Å². The molecule has 1 aromatic carbocycles. The summed E-state index contributed by atoms with van der Waals surface area (Å²) < 4.78 is 5.39. The smallest absolute Gasteiger partial charge is 0.276 e. The zero-order chi connectivity index (χ0) is 18.5. The Morgan fingerprint density at radius 1 is 1.15 bits per heavy atom. The fourth-order valence-corrected chi connectivity index (χ4v) is 3.10. The lowest BCUT2D eigenvalue weighted by molar-refractivity contribution is -0.138. The average Bonchev–Trinajstić information content (AvgIpc) is 3.49. The minimum atomic E-state index is -0.429. The van der Waals surface area contributed by atoms with E-state index in [2.05, 4.69) is 10.9 Å². The molecule has 2 aliphatic rings. The number of benzene rings is 1. The number of carbonyl (C=O) groups excluding carboxylic acids is 3. The highest BCUT2D eigenvalue weighted by Gasteiger charge is 2.36. The molecule has 1 saturated carbocycles. The zero-order valence-electron chi connectivity index (χ0n) is 15.0. The number of rotatable bonds is 5. The van der Waals surface area contributed by atoms with E-state index in [0.717, 1.165) is 37.8 Å². The van der Waals surface area contributed by atoms with Gasteiger partial charge in [0.15, 0.2) is 6.61 Å². The Kier molecular flexibility index (Phi) is 5.75. The van der Waals surface area contributed by atoms with E-state index in [0.29, 0.717) is 12.3 Å². The molecule has 1 saturated heterocycles. The molecule has 0 bridgehead atoms. The van der Waals surface area contributed by atoms with E-state index in [1.807, 2.05) is 25.1 Å². The maximum atomic E-state index is 12.3. The molecule has 7 nitrogen and oxygen atoms in total. The van der Waals surface area contributed by atoms with Crippen LogP contribution in [0.4, 0.5) is 0 Å². The molecule has 0 radical (unpaired) electrons. The molecule has 1 aliphatic heterocycles. The molecule has 0 aromatic heterocycles. The molecule has 1 atom stereocenters. The number of ether oxygens (including phenoxy) is 1. The maximum Gasteiger partial charge on any atom is 0.276 e. The molecule has 140 valence electrons. The van der Waals surface area contributed by atoms with Crippen LogP contribution >= 0.6 is 0 Å². The summed E-state index contributed by atoms with van der Waals surface area (Å²) in [5, 5.41) is 0. The highest BCUT2D eigenvalue weighted by atomic mass is 16.5. The number of aryl methyl sites for hydroxylation is 1. The van der Waals surface area contributed by atoms with E-state index in [9.17, 15) is 14.4 Å². The number of nitrogens with zero attached hydrogens (tertiary/aromatic N) is 1. The van der Waals surface area contributed by atoms with Crippen molar-refractivity contribution < 1.29 is 19.1 Å². The summed E-state index contributed by atoms with van der Waals surface area (Å²) in [5.41, 5.74) is 5.87. The summed E-state index contributed by atoms with van der Waals surface area (Å²) in [4.78, 5) is 38.0. The second kappa shape index (κ2) is 8.21. The molecule has 26 heavy (non-hydrogen) atoms. The van der Waals surface area contributed by atoms with Gasteiger partial charge in [-0.3, -0.25) is 25.2 Å². The summed E-state index contributed by atoms with van der Waals surface area (Å²) in [6.45, 7) is 2.90. The third-order valence-corrected chi connectivity index (χ3v) is 4.72. The molecule has 3 amide bonds. The van der Waals surface area contributed by atoms with Crippen LogP contribution in [-0.4, -0.2) is 42.3 Å². The van der Waals surface area contributed by atoms with Crippen LogP contribution in [0, 0.1) is 18.8 Å². The van der Waals surface area contributed by atoms with Crippen molar-refractivity contribution in [1.29, 1.82) is 0 Å². The van der Waals surface area contributed by atoms with Crippen LogP contribution in [0.5, 0.6) is 5.75 Å². The fraction of sp³-hybridized carbons (Fsp3) is 0.526. The number of likely N-dealkylation sites (tertiary alicyclic amines) is 1. The molecule has 3 rings (SSSR count). The monoisotopic (exact) mass is 359 g/mol. The molecular formula is C19H25N3O4. The molecule has 1 aromatic rings. The van der Waals surface area contributed by atoms with Crippen LogP contribution < -0.4 is 15.6 Å². The lowest BCUT2D eigenvalue weighted by Crippen LogP contribution is -2.51. The van der Waals surface area contributed by atoms with E-state index in [1.165, 1.54) is 0 Å². The molecule has 0 spiro atoms. The Hall–Kier alpha value is -2.57. The highest BCUT2D eigenvalue weighted by Crippen LogP contribution is 2.32. The van der Waals surface area contributed by atoms with E-state index in [4.69, 9.17) is 4.74 Å². The standard InChI is InChI=1S/C19H25N3O4/c1-13-4-2-6-16(10-13)26-12-17(23)20-21-18(24)15-5-3-9-22(11-15)19(25)14-7-8-14/h2,4,6,10,14-15H,3,5,7-9,11-12H2,1H3,(H,20,23)(H,21,24). The molecule has 1 unspecified atom stereocenters. The molecular weight excluding hydrogens is 334 g/mol. The quantitative estimate of drug-likeness (QED) is 0.773. The first-order chi connectivity index (χ1) is 12.5. The van der Waals surface area contributed by atoms with Crippen molar-refractivity contribution in [3.05, 3.63) is 29.8 Å². The number of carbonyl (C=O) groups is 3.